The van der Waals surface area contributed by atoms with Crippen molar-refractivity contribution in [2.45, 2.75) is 116 Å². The van der Waals surface area contributed by atoms with Crippen LogP contribution in [0.15, 0.2) is 0 Å². The first-order valence-corrected chi connectivity index (χ1v) is 9.00. The van der Waals surface area contributed by atoms with Gasteiger partial charge in [-0.2, -0.15) is 0 Å². The predicted molar refractivity (Wildman–Crippen MR) is 83.1 cm³/mol. The molecule has 2 aliphatic carbocycles. The van der Waals surface area contributed by atoms with Crippen molar-refractivity contribution in [3.05, 3.63) is 0 Å². The molecule has 0 aromatic carbocycles. The minimum atomic E-state index is 1.50. The van der Waals surface area contributed by atoms with Crippen molar-refractivity contribution in [2.75, 3.05) is 0 Å². The Morgan fingerprint density at radius 3 is 0.222 bits per heavy atom. The van der Waals surface area contributed by atoms with Crippen molar-refractivity contribution in [3.8, 4) is 0 Å². The second-order valence-electron chi connectivity index (χ2n) is 6.36. The number of hydrogen-bond acceptors (Lipinski definition) is 0. The molecule has 0 spiro atoms. The smallest absolute Gasteiger partial charge is 0.0533 e. The molecule has 0 radical (unpaired) electrons. The monoisotopic (exact) mass is 252 g/mol. The highest BCUT2D eigenvalue weighted by Crippen LogP contribution is 2.16. The van der Waals surface area contributed by atoms with Gasteiger partial charge in [-0.15, -0.1) is 0 Å². The van der Waals surface area contributed by atoms with Gasteiger partial charge in [0.1, 0.15) is 0 Å². The van der Waals surface area contributed by atoms with Gasteiger partial charge in [0.05, 0.1) is 0 Å². The fraction of sp³-hybridized carbons (Fsp3) is 1.00. The van der Waals surface area contributed by atoms with Gasteiger partial charge in [0.2, 0.25) is 0 Å². The molecule has 0 N–H and O–H groups in total. The molecular formula is C18H36. The summed E-state index contributed by atoms with van der Waals surface area (Å²) < 4.78 is 0. The van der Waals surface area contributed by atoms with Gasteiger partial charge in [0, 0.05) is 0 Å². The van der Waals surface area contributed by atoms with Gasteiger partial charge in [0.15, 0.2) is 0 Å². The topological polar surface area (TPSA) is 0 Å². The Hall–Kier alpha value is 0. The van der Waals surface area contributed by atoms with Crippen molar-refractivity contribution < 1.29 is 0 Å². The van der Waals surface area contributed by atoms with E-state index in [0.717, 1.165) is 0 Å². The summed E-state index contributed by atoms with van der Waals surface area (Å²) in [6.45, 7) is 0. The highest BCUT2D eigenvalue weighted by molar-refractivity contribution is 4.52. The van der Waals surface area contributed by atoms with E-state index >= 15 is 0 Å². The summed E-state index contributed by atoms with van der Waals surface area (Å²) in [5.74, 6) is 0. The van der Waals surface area contributed by atoms with E-state index in [0.29, 0.717) is 0 Å². The molecule has 0 nitrogen and oxygen atoms in total. The van der Waals surface area contributed by atoms with Gasteiger partial charge < -0.3 is 0 Å². The Morgan fingerprint density at radius 1 is 0.111 bits per heavy atom. The van der Waals surface area contributed by atoms with Crippen LogP contribution >= 0.6 is 0 Å². The lowest BCUT2D eigenvalue weighted by Crippen LogP contribution is -1.85. The molecule has 0 heterocycles. The van der Waals surface area contributed by atoms with Crippen molar-refractivity contribution in [2.24, 2.45) is 0 Å². The molecule has 0 aromatic rings. The first-order valence-electron chi connectivity index (χ1n) is 9.00. The summed E-state index contributed by atoms with van der Waals surface area (Å²) in [4.78, 5) is 0. The fourth-order valence-corrected chi connectivity index (χ4v) is 3.18. The average Bonchev–Trinajstić information content (AvgIpc) is 2.36. The van der Waals surface area contributed by atoms with E-state index < -0.39 is 0 Å². The third-order valence-corrected chi connectivity index (χ3v) is 4.50. The standard InChI is InChI=1S/C10H20.C8H16/c1-2-4-6-8-10-9-7-5-3-1;1-2-4-6-8-7-5-3-1/h1-10H2;1-8H2. The van der Waals surface area contributed by atoms with E-state index in [1.54, 1.807) is 0 Å². The number of rotatable bonds is 0. The molecule has 0 amide bonds. The van der Waals surface area contributed by atoms with E-state index in [4.69, 9.17) is 0 Å². The quantitative estimate of drug-likeness (QED) is 0.434. The first kappa shape index (κ1) is 16.1. The summed E-state index contributed by atoms with van der Waals surface area (Å²) in [6.07, 6.45) is 27.0. The molecule has 0 aromatic heterocycles. The highest BCUT2D eigenvalue weighted by Gasteiger charge is 1.96. The Labute approximate surface area is 116 Å². The van der Waals surface area contributed by atoms with Crippen LogP contribution in [-0.2, 0) is 0 Å². The average molecular weight is 252 g/mol. The molecule has 0 atom stereocenters. The first-order chi connectivity index (χ1) is 9.00. The predicted octanol–water partition coefficient (Wildman–Crippen LogP) is 7.02. The van der Waals surface area contributed by atoms with Crippen molar-refractivity contribution >= 4 is 0 Å². The van der Waals surface area contributed by atoms with Crippen LogP contribution in [0, 0.1) is 0 Å². The van der Waals surface area contributed by atoms with Crippen molar-refractivity contribution in [1.82, 2.24) is 0 Å². The van der Waals surface area contributed by atoms with Crippen LogP contribution in [0.1, 0.15) is 116 Å². The number of hydrogen-bond donors (Lipinski definition) is 0. The van der Waals surface area contributed by atoms with Crippen LogP contribution < -0.4 is 0 Å². The molecule has 2 rings (SSSR count). The summed E-state index contributed by atoms with van der Waals surface area (Å²) in [6, 6.07) is 0. The van der Waals surface area contributed by atoms with Crippen LogP contribution in [-0.4, -0.2) is 0 Å². The second kappa shape index (κ2) is 13.4. The fourth-order valence-electron chi connectivity index (χ4n) is 3.18. The van der Waals surface area contributed by atoms with Crippen LogP contribution in [0.5, 0.6) is 0 Å². The molecular weight excluding hydrogens is 216 g/mol. The summed E-state index contributed by atoms with van der Waals surface area (Å²) in [5.41, 5.74) is 0. The molecule has 0 saturated heterocycles. The zero-order valence-corrected chi connectivity index (χ0v) is 12.7. The molecule has 0 bridgehead atoms. The van der Waals surface area contributed by atoms with Crippen LogP contribution in [0.3, 0.4) is 0 Å². The molecule has 0 aliphatic heterocycles. The van der Waals surface area contributed by atoms with E-state index in [9.17, 15) is 0 Å². The molecule has 2 saturated carbocycles. The Bertz CT molecular complexity index is 92.9. The Balaban J connectivity index is 0.000000184. The lowest BCUT2D eigenvalue weighted by molar-refractivity contribution is 0.504. The van der Waals surface area contributed by atoms with Gasteiger partial charge >= 0.3 is 0 Å². The maximum absolute atomic E-state index is 1.50. The van der Waals surface area contributed by atoms with Gasteiger partial charge in [-0.3, -0.25) is 0 Å². The molecule has 0 heteroatoms. The second-order valence-corrected chi connectivity index (χ2v) is 6.36. The maximum Gasteiger partial charge on any atom is -0.0533 e. The molecule has 108 valence electrons. The normalized spacial score (nSPS) is 24.0. The van der Waals surface area contributed by atoms with E-state index in [2.05, 4.69) is 0 Å². The molecule has 2 aliphatic rings. The van der Waals surface area contributed by atoms with Gasteiger partial charge in [-0.1, -0.05) is 116 Å². The SMILES string of the molecule is C1CCCCCCC1.C1CCCCCCCCC1. The summed E-state index contributed by atoms with van der Waals surface area (Å²) in [5, 5.41) is 0. The maximum atomic E-state index is 1.50. The summed E-state index contributed by atoms with van der Waals surface area (Å²) >= 11 is 0. The van der Waals surface area contributed by atoms with Gasteiger partial charge in [-0.05, 0) is 0 Å². The van der Waals surface area contributed by atoms with Crippen LogP contribution in [0.2, 0.25) is 0 Å². The van der Waals surface area contributed by atoms with Crippen molar-refractivity contribution in [1.29, 1.82) is 0 Å². The van der Waals surface area contributed by atoms with E-state index in [1.807, 2.05) is 0 Å². The van der Waals surface area contributed by atoms with E-state index in [1.165, 1.54) is 116 Å². The Kier molecular flexibility index (Phi) is 12.0. The Morgan fingerprint density at radius 2 is 0.167 bits per heavy atom. The molecule has 0 unspecified atom stereocenters. The third kappa shape index (κ3) is 11.1. The van der Waals surface area contributed by atoms with Crippen molar-refractivity contribution in [3.63, 3.8) is 0 Å². The van der Waals surface area contributed by atoms with Crippen LogP contribution in [0.4, 0.5) is 0 Å². The lowest BCUT2D eigenvalue weighted by atomic mass is 10.0. The molecule has 18 heavy (non-hydrogen) atoms. The van der Waals surface area contributed by atoms with Gasteiger partial charge in [-0.25, -0.2) is 0 Å². The highest BCUT2D eigenvalue weighted by atomic mass is 14.0. The lowest BCUT2D eigenvalue weighted by Gasteiger charge is -2.05. The summed E-state index contributed by atoms with van der Waals surface area (Å²) in [7, 11) is 0. The zero-order valence-electron chi connectivity index (χ0n) is 12.7. The van der Waals surface area contributed by atoms with Crippen LogP contribution in [0.25, 0.3) is 0 Å². The zero-order chi connectivity index (χ0) is 12.7. The minimum Gasteiger partial charge on any atom is -0.0533 e. The van der Waals surface area contributed by atoms with E-state index in [-0.39, 0.29) is 0 Å². The van der Waals surface area contributed by atoms with Gasteiger partial charge in [0.25, 0.3) is 0 Å². The molecule has 2 fully saturated rings. The largest absolute Gasteiger partial charge is 0.0533 e. The minimum absolute atomic E-state index is 1.50. The third-order valence-electron chi connectivity index (χ3n) is 4.50.